The molecule has 0 amide bonds. The van der Waals surface area contributed by atoms with Crippen molar-refractivity contribution in [3.63, 3.8) is 0 Å². The summed E-state index contributed by atoms with van der Waals surface area (Å²) in [5.41, 5.74) is 7.35. The molecule has 0 saturated heterocycles. The fourth-order valence-corrected chi connectivity index (χ4v) is 2.64. The Labute approximate surface area is 133 Å². The number of hydrogen-bond acceptors (Lipinski definition) is 3. The Balaban J connectivity index is 2.55. The first-order valence-corrected chi connectivity index (χ1v) is 7.33. The van der Waals surface area contributed by atoms with E-state index in [0.717, 1.165) is 3.57 Å². The second-order valence-electron chi connectivity index (χ2n) is 3.91. The number of nitrogen functional groups attached to an aromatic ring is 1. The zero-order valence-corrected chi connectivity index (χ0v) is 13.9. The average molecular weight is 432 g/mol. The first kappa shape index (κ1) is 14.3. The van der Waals surface area contributed by atoms with Crippen molar-refractivity contribution in [1.29, 1.82) is 0 Å². The van der Waals surface area contributed by atoms with Gasteiger partial charge in [-0.25, -0.2) is 0 Å². The van der Waals surface area contributed by atoms with Gasteiger partial charge in [-0.05, 0) is 59.0 Å². The standard InChI is InChI=1S/C14H11BrINO2/c1-19-13-5-2-8(16)6-11(13)14(18)10-7-9(17)3-4-12(10)15/h2-7H,17H2,1H3. The quantitative estimate of drug-likeness (QED) is 0.456. The second kappa shape index (κ2) is 5.92. The minimum absolute atomic E-state index is 0.116. The summed E-state index contributed by atoms with van der Waals surface area (Å²) in [7, 11) is 1.55. The Morgan fingerprint density at radius 1 is 1.21 bits per heavy atom. The van der Waals surface area contributed by atoms with E-state index in [1.807, 2.05) is 6.07 Å². The Kier molecular flexibility index (Phi) is 4.46. The van der Waals surface area contributed by atoms with Gasteiger partial charge in [-0.15, -0.1) is 0 Å². The molecule has 5 heteroatoms. The molecule has 3 nitrogen and oxygen atoms in total. The van der Waals surface area contributed by atoms with E-state index in [9.17, 15) is 4.79 Å². The first-order valence-electron chi connectivity index (χ1n) is 5.46. The highest BCUT2D eigenvalue weighted by atomic mass is 127. The van der Waals surface area contributed by atoms with E-state index >= 15 is 0 Å². The molecule has 2 aromatic carbocycles. The predicted molar refractivity (Wildman–Crippen MR) is 87.7 cm³/mol. The molecule has 0 atom stereocenters. The smallest absolute Gasteiger partial charge is 0.197 e. The van der Waals surface area contributed by atoms with Crippen molar-refractivity contribution in [3.05, 3.63) is 55.6 Å². The van der Waals surface area contributed by atoms with Gasteiger partial charge in [0.1, 0.15) is 5.75 Å². The van der Waals surface area contributed by atoms with Crippen LogP contribution in [-0.2, 0) is 0 Å². The summed E-state index contributed by atoms with van der Waals surface area (Å²) >= 11 is 5.54. The third kappa shape index (κ3) is 3.09. The highest BCUT2D eigenvalue weighted by Gasteiger charge is 2.17. The Bertz CT molecular complexity index is 643. The van der Waals surface area contributed by atoms with Gasteiger partial charge < -0.3 is 10.5 Å². The van der Waals surface area contributed by atoms with Crippen LogP contribution in [0.1, 0.15) is 15.9 Å². The lowest BCUT2D eigenvalue weighted by atomic mass is 10.0. The number of carbonyl (C=O) groups is 1. The van der Waals surface area contributed by atoms with Crippen LogP contribution in [0.5, 0.6) is 5.75 Å². The van der Waals surface area contributed by atoms with Gasteiger partial charge in [0.2, 0.25) is 0 Å². The average Bonchev–Trinajstić information content (AvgIpc) is 2.40. The molecule has 0 unspecified atom stereocenters. The summed E-state index contributed by atoms with van der Waals surface area (Å²) in [6.07, 6.45) is 0. The van der Waals surface area contributed by atoms with Crippen LogP contribution in [-0.4, -0.2) is 12.9 Å². The molecule has 2 aromatic rings. The maximum atomic E-state index is 12.6. The van der Waals surface area contributed by atoms with Gasteiger partial charge in [0, 0.05) is 19.3 Å². The van der Waals surface area contributed by atoms with E-state index in [-0.39, 0.29) is 5.78 Å². The third-order valence-electron chi connectivity index (χ3n) is 2.64. The van der Waals surface area contributed by atoms with Crippen molar-refractivity contribution in [2.45, 2.75) is 0 Å². The van der Waals surface area contributed by atoms with Crippen molar-refractivity contribution < 1.29 is 9.53 Å². The molecule has 0 radical (unpaired) electrons. The Morgan fingerprint density at radius 3 is 2.63 bits per heavy atom. The predicted octanol–water partition coefficient (Wildman–Crippen LogP) is 3.88. The summed E-state index contributed by atoms with van der Waals surface area (Å²) < 4.78 is 6.93. The highest BCUT2D eigenvalue weighted by Crippen LogP contribution is 2.28. The topological polar surface area (TPSA) is 52.3 Å². The first-order chi connectivity index (χ1) is 9.02. The molecular formula is C14H11BrINO2. The fraction of sp³-hybridized carbons (Fsp3) is 0.0714. The maximum Gasteiger partial charge on any atom is 0.197 e. The molecule has 98 valence electrons. The molecule has 0 spiro atoms. The lowest BCUT2D eigenvalue weighted by Crippen LogP contribution is -2.06. The molecule has 0 aliphatic heterocycles. The molecule has 19 heavy (non-hydrogen) atoms. The van der Waals surface area contributed by atoms with Crippen molar-refractivity contribution >= 4 is 50.0 Å². The van der Waals surface area contributed by atoms with Gasteiger partial charge in [0.25, 0.3) is 0 Å². The number of ether oxygens (including phenoxy) is 1. The summed E-state index contributed by atoms with van der Waals surface area (Å²) in [6.45, 7) is 0. The zero-order chi connectivity index (χ0) is 14.0. The number of rotatable bonds is 3. The summed E-state index contributed by atoms with van der Waals surface area (Å²) in [5, 5.41) is 0. The summed E-state index contributed by atoms with van der Waals surface area (Å²) in [4.78, 5) is 12.6. The monoisotopic (exact) mass is 431 g/mol. The van der Waals surface area contributed by atoms with E-state index in [2.05, 4.69) is 38.5 Å². The second-order valence-corrected chi connectivity index (χ2v) is 6.01. The van der Waals surface area contributed by atoms with Crippen LogP contribution in [0.3, 0.4) is 0 Å². The largest absolute Gasteiger partial charge is 0.496 e. The Hall–Kier alpha value is -1.08. The van der Waals surface area contributed by atoms with Crippen LogP contribution in [0.4, 0.5) is 5.69 Å². The number of nitrogens with two attached hydrogens (primary N) is 1. The van der Waals surface area contributed by atoms with Crippen LogP contribution in [0, 0.1) is 3.57 Å². The van der Waals surface area contributed by atoms with Gasteiger partial charge in [0.15, 0.2) is 5.78 Å². The van der Waals surface area contributed by atoms with Crippen molar-refractivity contribution in [1.82, 2.24) is 0 Å². The number of benzene rings is 2. The van der Waals surface area contributed by atoms with Crippen LogP contribution in [0.25, 0.3) is 0 Å². The molecule has 0 fully saturated rings. The van der Waals surface area contributed by atoms with E-state index < -0.39 is 0 Å². The Morgan fingerprint density at radius 2 is 1.95 bits per heavy atom. The number of methoxy groups -OCH3 is 1. The van der Waals surface area contributed by atoms with Crippen molar-refractivity contribution in [2.75, 3.05) is 12.8 Å². The van der Waals surface area contributed by atoms with E-state index in [1.165, 1.54) is 0 Å². The molecule has 0 heterocycles. The van der Waals surface area contributed by atoms with Crippen LogP contribution >= 0.6 is 38.5 Å². The van der Waals surface area contributed by atoms with Gasteiger partial charge in [-0.3, -0.25) is 4.79 Å². The van der Waals surface area contributed by atoms with E-state index in [4.69, 9.17) is 10.5 Å². The molecular weight excluding hydrogens is 421 g/mol. The SMILES string of the molecule is COc1ccc(I)cc1C(=O)c1cc(N)ccc1Br. The lowest BCUT2D eigenvalue weighted by Gasteiger charge is -2.10. The molecule has 2 rings (SSSR count). The molecule has 0 bridgehead atoms. The number of ketones is 1. The van der Waals surface area contributed by atoms with E-state index in [1.54, 1.807) is 37.4 Å². The highest BCUT2D eigenvalue weighted by molar-refractivity contribution is 14.1. The number of hydrogen-bond donors (Lipinski definition) is 1. The van der Waals surface area contributed by atoms with Crippen LogP contribution in [0.15, 0.2) is 40.9 Å². The zero-order valence-electron chi connectivity index (χ0n) is 10.1. The van der Waals surface area contributed by atoms with Crippen LogP contribution < -0.4 is 10.5 Å². The lowest BCUT2D eigenvalue weighted by molar-refractivity contribution is 0.103. The molecule has 0 aliphatic rings. The maximum absolute atomic E-state index is 12.6. The van der Waals surface area contributed by atoms with Crippen molar-refractivity contribution in [2.24, 2.45) is 0 Å². The molecule has 0 saturated carbocycles. The van der Waals surface area contributed by atoms with Gasteiger partial charge >= 0.3 is 0 Å². The number of carbonyl (C=O) groups excluding carboxylic acids is 1. The molecule has 0 aromatic heterocycles. The van der Waals surface area contributed by atoms with Crippen molar-refractivity contribution in [3.8, 4) is 5.75 Å². The van der Waals surface area contributed by atoms with Gasteiger partial charge in [-0.1, -0.05) is 15.9 Å². The van der Waals surface area contributed by atoms with E-state index in [0.29, 0.717) is 27.0 Å². The molecule has 0 aliphatic carbocycles. The van der Waals surface area contributed by atoms with Crippen LogP contribution in [0.2, 0.25) is 0 Å². The molecule has 2 N–H and O–H groups in total. The normalized spacial score (nSPS) is 10.3. The minimum Gasteiger partial charge on any atom is -0.496 e. The fourth-order valence-electron chi connectivity index (χ4n) is 1.72. The van der Waals surface area contributed by atoms with Gasteiger partial charge in [0.05, 0.1) is 12.7 Å². The minimum atomic E-state index is -0.116. The summed E-state index contributed by atoms with van der Waals surface area (Å²) in [6, 6.07) is 10.7. The van der Waals surface area contributed by atoms with Gasteiger partial charge in [-0.2, -0.15) is 0 Å². The summed E-state index contributed by atoms with van der Waals surface area (Å²) in [5.74, 6) is 0.439. The number of halogens is 2. The third-order valence-corrected chi connectivity index (χ3v) is 4.00. The number of anilines is 1.